The topological polar surface area (TPSA) is 46.3 Å². The first kappa shape index (κ1) is 9.21. The van der Waals surface area contributed by atoms with Gasteiger partial charge in [0.2, 0.25) is 0 Å². The van der Waals surface area contributed by atoms with Crippen molar-refractivity contribution in [2.24, 2.45) is 0 Å². The average molecular weight is 191 g/mol. The number of nitrogens with zero attached hydrogens (tertiary/aromatic N) is 1. The number of aromatic nitrogens is 1. The van der Waals surface area contributed by atoms with Crippen molar-refractivity contribution in [2.45, 2.75) is 19.8 Å². The Morgan fingerprint density at radius 1 is 1.43 bits per heavy atom. The van der Waals surface area contributed by atoms with Gasteiger partial charge in [0.25, 0.3) is 0 Å². The third-order valence-electron chi connectivity index (χ3n) is 2.21. The number of oxazole rings is 1. The van der Waals surface area contributed by atoms with Crippen molar-refractivity contribution in [3.63, 3.8) is 0 Å². The van der Waals surface area contributed by atoms with Crippen LogP contribution >= 0.6 is 0 Å². The van der Waals surface area contributed by atoms with Crippen LogP contribution in [0.5, 0.6) is 0 Å². The molecule has 0 aliphatic heterocycles. The zero-order chi connectivity index (χ0) is 9.97. The van der Waals surface area contributed by atoms with Gasteiger partial charge in [0, 0.05) is 13.5 Å². The van der Waals surface area contributed by atoms with Crippen molar-refractivity contribution in [1.82, 2.24) is 4.98 Å². The molecule has 0 unspecified atom stereocenters. The summed E-state index contributed by atoms with van der Waals surface area (Å²) in [6.45, 7) is 2.05. The van der Waals surface area contributed by atoms with Gasteiger partial charge in [-0.2, -0.15) is 0 Å². The molecular formula is C11H13NO2. The molecule has 14 heavy (non-hydrogen) atoms. The van der Waals surface area contributed by atoms with Crippen molar-refractivity contribution >= 4 is 11.1 Å². The van der Waals surface area contributed by atoms with Crippen LogP contribution in [-0.2, 0) is 6.42 Å². The molecule has 1 aromatic heterocycles. The number of hydrogen-bond donors (Lipinski definition) is 1. The average Bonchev–Trinajstić information content (AvgIpc) is 2.55. The van der Waals surface area contributed by atoms with E-state index in [1.165, 1.54) is 0 Å². The molecule has 0 aliphatic rings. The fourth-order valence-electron chi connectivity index (χ4n) is 1.58. The minimum absolute atomic E-state index is 0.212. The molecular weight excluding hydrogens is 178 g/mol. The Hall–Kier alpha value is -1.35. The van der Waals surface area contributed by atoms with Crippen LogP contribution < -0.4 is 0 Å². The number of benzene rings is 1. The fourth-order valence-corrected chi connectivity index (χ4v) is 1.58. The second-order valence-electron chi connectivity index (χ2n) is 3.33. The molecule has 3 heteroatoms. The standard InChI is InChI=1S/C11H13NO2/c1-8-12-10-6-2-4-9(5-3-7-13)11(10)14-8/h2,4,6,13H,3,5,7H2,1H3. The van der Waals surface area contributed by atoms with E-state index < -0.39 is 0 Å². The van der Waals surface area contributed by atoms with Crippen molar-refractivity contribution < 1.29 is 9.52 Å². The predicted molar refractivity (Wildman–Crippen MR) is 54.2 cm³/mol. The molecule has 1 aromatic carbocycles. The van der Waals surface area contributed by atoms with E-state index in [1.807, 2.05) is 25.1 Å². The number of hydrogen-bond acceptors (Lipinski definition) is 3. The van der Waals surface area contributed by atoms with Crippen LogP contribution in [0.4, 0.5) is 0 Å². The molecule has 74 valence electrons. The van der Waals surface area contributed by atoms with Crippen LogP contribution in [-0.4, -0.2) is 16.7 Å². The van der Waals surface area contributed by atoms with Crippen LogP contribution in [0.3, 0.4) is 0 Å². The summed E-state index contributed by atoms with van der Waals surface area (Å²) < 4.78 is 5.50. The Morgan fingerprint density at radius 3 is 3.07 bits per heavy atom. The van der Waals surface area contributed by atoms with E-state index in [0.29, 0.717) is 5.89 Å². The smallest absolute Gasteiger partial charge is 0.192 e. The van der Waals surface area contributed by atoms with E-state index in [0.717, 1.165) is 29.5 Å². The quantitative estimate of drug-likeness (QED) is 0.807. The van der Waals surface area contributed by atoms with E-state index in [9.17, 15) is 0 Å². The number of aryl methyl sites for hydroxylation is 2. The van der Waals surface area contributed by atoms with Crippen LogP contribution in [0.15, 0.2) is 22.6 Å². The van der Waals surface area contributed by atoms with Crippen LogP contribution in [0, 0.1) is 6.92 Å². The second kappa shape index (κ2) is 3.80. The molecule has 0 fully saturated rings. The Labute approximate surface area is 82.4 Å². The van der Waals surface area contributed by atoms with Gasteiger partial charge in [0.05, 0.1) is 0 Å². The summed E-state index contributed by atoms with van der Waals surface area (Å²) >= 11 is 0. The maximum Gasteiger partial charge on any atom is 0.192 e. The van der Waals surface area contributed by atoms with Crippen LogP contribution in [0.25, 0.3) is 11.1 Å². The summed E-state index contributed by atoms with van der Waals surface area (Å²) in [4.78, 5) is 4.25. The van der Waals surface area contributed by atoms with Gasteiger partial charge in [-0.1, -0.05) is 12.1 Å². The van der Waals surface area contributed by atoms with Gasteiger partial charge in [-0.15, -0.1) is 0 Å². The van der Waals surface area contributed by atoms with E-state index in [2.05, 4.69) is 4.98 Å². The van der Waals surface area contributed by atoms with Gasteiger partial charge in [0.1, 0.15) is 5.52 Å². The minimum atomic E-state index is 0.212. The second-order valence-corrected chi connectivity index (χ2v) is 3.33. The van der Waals surface area contributed by atoms with Crippen molar-refractivity contribution in [2.75, 3.05) is 6.61 Å². The maximum atomic E-state index is 8.76. The summed E-state index contributed by atoms with van der Waals surface area (Å²) in [5.41, 5.74) is 2.88. The Kier molecular flexibility index (Phi) is 2.50. The fraction of sp³-hybridized carbons (Fsp3) is 0.364. The lowest BCUT2D eigenvalue weighted by Gasteiger charge is -1.98. The molecule has 0 bridgehead atoms. The monoisotopic (exact) mass is 191 g/mol. The molecule has 1 N–H and O–H groups in total. The number of fused-ring (bicyclic) bond motifs is 1. The normalized spacial score (nSPS) is 11.0. The highest BCUT2D eigenvalue weighted by Crippen LogP contribution is 2.20. The Bertz CT molecular complexity index is 434. The van der Waals surface area contributed by atoms with Gasteiger partial charge in [-0.05, 0) is 24.5 Å². The van der Waals surface area contributed by atoms with E-state index in [4.69, 9.17) is 9.52 Å². The van der Waals surface area contributed by atoms with E-state index in [-0.39, 0.29) is 6.61 Å². The minimum Gasteiger partial charge on any atom is -0.441 e. The van der Waals surface area contributed by atoms with Gasteiger partial charge < -0.3 is 9.52 Å². The van der Waals surface area contributed by atoms with Crippen molar-refractivity contribution in [1.29, 1.82) is 0 Å². The molecule has 0 atom stereocenters. The SMILES string of the molecule is Cc1nc2cccc(CCCO)c2o1. The Balaban J connectivity index is 2.42. The zero-order valence-electron chi connectivity index (χ0n) is 8.16. The summed E-state index contributed by atoms with van der Waals surface area (Å²) in [7, 11) is 0. The molecule has 0 saturated carbocycles. The van der Waals surface area contributed by atoms with E-state index in [1.54, 1.807) is 0 Å². The first-order valence-electron chi connectivity index (χ1n) is 4.77. The lowest BCUT2D eigenvalue weighted by molar-refractivity contribution is 0.288. The van der Waals surface area contributed by atoms with Gasteiger partial charge >= 0.3 is 0 Å². The predicted octanol–water partition coefficient (Wildman–Crippen LogP) is 2.06. The number of rotatable bonds is 3. The molecule has 0 aliphatic carbocycles. The lowest BCUT2D eigenvalue weighted by atomic mass is 10.1. The molecule has 2 rings (SSSR count). The van der Waals surface area contributed by atoms with E-state index >= 15 is 0 Å². The lowest BCUT2D eigenvalue weighted by Crippen LogP contribution is -1.89. The molecule has 0 spiro atoms. The van der Waals surface area contributed by atoms with Gasteiger partial charge in [0.15, 0.2) is 11.5 Å². The van der Waals surface area contributed by atoms with Gasteiger partial charge in [-0.3, -0.25) is 0 Å². The highest BCUT2D eigenvalue weighted by Gasteiger charge is 2.06. The van der Waals surface area contributed by atoms with Crippen molar-refractivity contribution in [3.8, 4) is 0 Å². The summed E-state index contributed by atoms with van der Waals surface area (Å²) in [6.07, 6.45) is 1.60. The summed E-state index contributed by atoms with van der Waals surface area (Å²) in [6, 6.07) is 5.92. The first-order chi connectivity index (χ1) is 6.81. The molecule has 0 radical (unpaired) electrons. The number of aliphatic hydroxyl groups excluding tert-OH is 1. The van der Waals surface area contributed by atoms with Gasteiger partial charge in [-0.25, -0.2) is 4.98 Å². The molecule has 3 nitrogen and oxygen atoms in total. The van der Waals surface area contributed by atoms with Crippen LogP contribution in [0.1, 0.15) is 17.9 Å². The highest BCUT2D eigenvalue weighted by molar-refractivity contribution is 5.76. The highest BCUT2D eigenvalue weighted by atomic mass is 16.3. The maximum absolute atomic E-state index is 8.76. The van der Waals surface area contributed by atoms with Crippen LogP contribution in [0.2, 0.25) is 0 Å². The first-order valence-corrected chi connectivity index (χ1v) is 4.77. The summed E-state index contributed by atoms with van der Waals surface area (Å²) in [5.74, 6) is 0.691. The van der Waals surface area contributed by atoms with Crippen molar-refractivity contribution in [3.05, 3.63) is 29.7 Å². The third kappa shape index (κ3) is 1.63. The number of aliphatic hydroxyl groups is 1. The number of para-hydroxylation sites is 1. The largest absolute Gasteiger partial charge is 0.441 e. The summed E-state index contributed by atoms with van der Waals surface area (Å²) in [5, 5.41) is 8.76. The zero-order valence-corrected chi connectivity index (χ0v) is 8.16. The molecule has 0 saturated heterocycles. The molecule has 1 heterocycles. The Morgan fingerprint density at radius 2 is 2.29 bits per heavy atom. The molecule has 0 amide bonds. The molecule has 2 aromatic rings. The third-order valence-corrected chi connectivity index (χ3v) is 2.21.